The van der Waals surface area contributed by atoms with Crippen LogP contribution in [-0.2, 0) is 14.8 Å². The Hall–Kier alpha value is -1.13. The Morgan fingerprint density at radius 3 is 2.41 bits per heavy atom. The number of nitrogens with two attached hydrogens (primary N) is 1. The monoisotopic (exact) mass is 261 g/mol. The number of hydrogen-bond donors (Lipinski definition) is 1. The minimum Gasteiger partial charge on any atom is -0.369 e. The summed E-state index contributed by atoms with van der Waals surface area (Å²) in [5.74, 6) is -0.711. The average molecular weight is 261 g/mol. The molecule has 2 N–H and O–H groups in total. The van der Waals surface area contributed by atoms with E-state index >= 15 is 0 Å². The highest BCUT2D eigenvalue weighted by Crippen LogP contribution is 2.12. The maximum absolute atomic E-state index is 12.0. The first-order valence-corrected chi connectivity index (χ1v) is 7.07. The predicted octanol–water partition coefficient (Wildman–Crippen LogP) is 0.206. The Bertz CT molecular complexity index is 386. The van der Waals surface area contributed by atoms with Crippen LogP contribution in [0.3, 0.4) is 0 Å². The van der Waals surface area contributed by atoms with E-state index in [2.05, 4.69) is 0 Å². The highest BCUT2D eigenvalue weighted by molar-refractivity contribution is 7.90. The molecule has 0 spiro atoms. The standard InChI is InChI=1S/C10H19N3O3S/c1-3-5-6-13(8-10(12)14)17(15,16)9(4-2)7-11/h9H,3-6,8H2,1-2H3,(H2,12,14). The van der Waals surface area contributed by atoms with Crippen molar-refractivity contribution in [1.29, 1.82) is 5.26 Å². The molecule has 17 heavy (non-hydrogen) atoms. The van der Waals surface area contributed by atoms with Gasteiger partial charge in [-0.05, 0) is 12.8 Å². The molecule has 0 radical (unpaired) electrons. The highest BCUT2D eigenvalue weighted by Gasteiger charge is 2.31. The molecule has 7 heteroatoms. The Kier molecular flexibility index (Phi) is 6.76. The fraction of sp³-hybridized carbons (Fsp3) is 0.800. The second kappa shape index (κ2) is 7.25. The molecule has 98 valence electrons. The molecule has 0 heterocycles. The predicted molar refractivity (Wildman–Crippen MR) is 64.3 cm³/mol. The number of sulfonamides is 1. The summed E-state index contributed by atoms with van der Waals surface area (Å²) in [5.41, 5.74) is 5.02. The molecule has 0 aliphatic carbocycles. The Balaban J connectivity index is 5.01. The number of hydrogen-bond acceptors (Lipinski definition) is 4. The summed E-state index contributed by atoms with van der Waals surface area (Å²) in [4.78, 5) is 10.9. The van der Waals surface area contributed by atoms with Crippen LogP contribution in [0, 0.1) is 11.3 Å². The van der Waals surface area contributed by atoms with Crippen molar-refractivity contribution in [3.63, 3.8) is 0 Å². The normalized spacial score (nSPS) is 13.3. The van der Waals surface area contributed by atoms with Crippen molar-refractivity contribution in [3.05, 3.63) is 0 Å². The molecule has 0 aromatic heterocycles. The van der Waals surface area contributed by atoms with Gasteiger partial charge in [0.1, 0.15) is 0 Å². The van der Waals surface area contributed by atoms with Crippen LogP contribution in [0.2, 0.25) is 0 Å². The number of primary amides is 1. The molecule has 0 saturated heterocycles. The van der Waals surface area contributed by atoms with Gasteiger partial charge in [-0.2, -0.15) is 9.57 Å². The largest absolute Gasteiger partial charge is 0.369 e. The zero-order valence-electron chi connectivity index (χ0n) is 10.2. The second-order valence-corrected chi connectivity index (χ2v) is 5.84. The van der Waals surface area contributed by atoms with Gasteiger partial charge in [-0.25, -0.2) is 8.42 Å². The number of carbonyl (C=O) groups is 1. The van der Waals surface area contributed by atoms with E-state index in [4.69, 9.17) is 11.0 Å². The zero-order valence-corrected chi connectivity index (χ0v) is 11.0. The quantitative estimate of drug-likeness (QED) is 0.674. The molecular formula is C10H19N3O3S. The lowest BCUT2D eigenvalue weighted by atomic mass is 10.3. The van der Waals surface area contributed by atoms with Crippen molar-refractivity contribution < 1.29 is 13.2 Å². The molecule has 0 aliphatic heterocycles. The van der Waals surface area contributed by atoms with Crippen molar-refractivity contribution >= 4 is 15.9 Å². The van der Waals surface area contributed by atoms with Crippen LogP contribution < -0.4 is 5.73 Å². The molecule has 0 aliphatic rings. The van der Waals surface area contributed by atoms with Crippen molar-refractivity contribution in [1.82, 2.24) is 4.31 Å². The van der Waals surface area contributed by atoms with Gasteiger partial charge in [0.25, 0.3) is 0 Å². The van der Waals surface area contributed by atoms with E-state index in [9.17, 15) is 13.2 Å². The molecule has 0 aromatic carbocycles. The van der Waals surface area contributed by atoms with Gasteiger partial charge in [0, 0.05) is 6.54 Å². The number of rotatable bonds is 8. The number of nitrogens with zero attached hydrogens (tertiary/aromatic N) is 2. The van der Waals surface area contributed by atoms with Crippen LogP contribution in [0.15, 0.2) is 0 Å². The molecule has 0 fully saturated rings. The van der Waals surface area contributed by atoms with Gasteiger partial charge >= 0.3 is 0 Å². The molecule has 1 amide bonds. The Morgan fingerprint density at radius 1 is 1.47 bits per heavy atom. The van der Waals surface area contributed by atoms with Gasteiger partial charge in [-0.1, -0.05) is 20.3 Å². The van der Waals surface area contributed by atoms with Crippen molar-refractivity contribution in [3.8, 4) is 6.07 Å². The third-order valence-corrected chi connectivity index (χ3v) is 4.52. The van der Waals surface area contributed by atoms with Crippen LogP contribution in [0.25, 0.3) is 0 Å². The van der Waals surface area contributed by atoms with Crippen LogP contribution in [-0.4, -0.2) is 37.0 Å². The SMILES string of the molecule is CCCCN(CC(N)=O)S(=O)(=O)C(C#N)CC. The van der Waals surface area contributed by atoms with E-state index in [1.165, 1.54) is 0 Å². The van der Waals surface area contributed by atoms with Crippen molar-refractivity contribution in [2.75, 3.05) is 13.1 Å². The molecule has 1 unspecified atom stereocenters. The summed E-state index contributed by atoms with van der Waals surface area (Å²) < 4.78 is 25.1. The maximum atomic E-state index is 12.0. The number of unbranched alkanes of at least 4 members (excludes halogenated alkanes) is 1. The fourth-order valence-corrected chi connectivity index (χ4v) is 2.96. The molecule has 0 rings (SSSR count). The van der Waals surface area contributed by atoms with E-state index in [1.54, 1.807) is 13.0 Å². The van der Waals surface area contributed by atoms with Crippen LogP contribution in [0.4, 0.5) is 0 Å². The number of nitriles is 1. The highest BCUT2D eigenvalue weighted by atomic mass is 32.2. The van der Waals surface area contributed by atoms with Gasteiger partial charge in [0.15, 0.2) is 5.25 Å². The van der Waals surface area contributed by atoms with Gasteiger partial charge < -0.3 is 5.73 Å². The van der Waals surface area contributed by atoms with E-state index < -0.39 is 21.2 Å². The lowest BCUT2D eigenvalue weighted by molar-refractivity contribution is -0.118. The summed E-state index contributed by atoms with van der Waals surface area (Å²) >= 11 is 0. The first-order valence-electron chi connectivity index (χ1n) is 5.57. The van der Waals surface area contributed by atoms with Crippen molar-refractivity contribution in [2.24, 2.45) is 5.73 Å². The first kappa shape index (κ1) is 15.9. The van der Waals surface area contributed by atoms with Gasteiger partial charge in [-0.15, -0.1) is 0 Å². The van der Waals surface area contributed by atoms with Gasteiger partial charge in [-0.3, -0.25) is 4.79 Å². The van der Waals surface area contributed by atoms with Gasteiger partial charge in [0.2, 0.25) is 15.9 Å². The van der Waals surface area contributed by atoms with Crippen LogP contribution in [0.5, 0.6) is 0 Å². The molecule has 0 aromatic rings. The number of amides is 1. The summed E-state index contributed by atoms with van der Waals surface area (Å²) in [6.07, 6.45) is 1.63. The van der Waals surface area contributed by atoms with Crippen LogP contribution in [0.1, 0.15) is 33.1 Å². The minimum absolute atomic E-state index is 0.195. The third-order valence-electron chi connectivity index (χ3n) is 2.33. The topological polar surface area (TPSA) is 104 Å². The smallest absolute Gasteiger partial charge is 0.232 e. The fourth-order valence-electron chi connectivity index (χ4n) is 1.35. The molecule has 6 nitrogen and oxygen atoms in total. The maximum Gasteiger partial charge on any atom is 0.232 e. The summed E-state index contributed by atoms with van der Waals surface area (Å²) in [5, 5.41) is 7.69. The average Bonchev–Trinajstić information content (AvgIpc) is 2.24. The van der Waals surface area contributed by atoms with E-state index in [0.29, 0.717) is 6.42 Å². The molecule has 0 bridgehead atoms. The lowest BCUT2D eigenvalue weighted by Crippen LogP contribution is -2.43. The third kappa shape index (κ3) is 4.71. The summed E-state index contributed by atoms with van der Waals surface area (Å²) in [7, 11) is -3.76. The van der Waals surface area contributed by atoms with Gasteiger partial charge in [0.05, 0.1) is 12.6 Å². The molecule has 0 saturated carbocycles. The second-order valence-electron chi connectivity index (χ2n) is 3.72. The molecule has 1 atom stereocenters. The Labute approximate surface area is 102 Å². The lowest BCUT2D eigenvalue weighted by Gasteiger charge is -2.22. The number of carbonyl (C=O) groups excluding carboxylic acids is 1. The minimum atomic E-state index is -3.76. The molecular weight excluding hydrogens is 242 g/mol. The summed E-state index contributed by atoms with van der Waals surface area (Å²) in [6, 6.07) is 1.74. The van der Waals surface area contributed by atoms with E-state index in [-0.39, 0.29) is 19.5 Å². The van der Waals surface area contributed by atoms with Crippen molar-refractivity contribution in [2.45, 2.75) is 38.4 Å². The van der Waals surface area contributed by atoms with E-state index in [1.807, 2.05) is 6.92 Å². The first-order chi connectivity index (χ1) is 7.89. The zero-order chi connectivity index (χ0) is 13.5. The summed E-state index contributed by atoms with van der Waals surface area (Å²) in [6.45, 7) is 3.39. The Morgan fingerprint density at radius 2 is 2.06 bits per heavy atom. The van der Waals surface area contributed by atoms with Crippen LogP contribution >= 0.6 is 0 Å². The van der Waals surface area contributed by atoms with E-state index in [0.717, 1.165) is 10.7 Å².